The van der Waals surface area contributed by atoms with Gasteiger partial charge < -0.3 is 10.2 Å². The molecule has 4 aromatic carbocycles. The van der Waals surface area contributed by atoms with Crippen molar-refractivity contribution in [2.45, 2.75) is 57.5 Å². The highest BCUT2D eigenvalue weighted by Gasteiger charge is 2.35. The molecule has 0 aliphatic rings. The average Bonchev–Trinajstić information content (AvgIpc) is 3.03. The quantitative estimate of drug-likeness (QED) is 0.141. The fraction of sp³-hybridized carbons (Fsp3) is 0.278. The molecule has 242 valence electrons. The summed E-state index contributed by atoms with van der Waals surface area (Å²) in [6, 6.07) is 26.8. The van der Waals surface area contributed by atoms with E-state index < -0.39 is 28.5 Å². The lowest BCUT2D eigenvalue weighted by Gasteiger charge is -2.34. The van der Waals surface area contributed by atoms with Crippen molar-refractivity contribution in [3.05, 3.63) is 129 Å². The SMILES string of the molecule is CCCCNC(=O)[C@H](Cc1ccccc1)N(Cc1c(Cl)cccc1Cl)C(=O)CN(c1cc(C)cc(C)c1)S(=O)(=O)c1ccccc1. The molecule has 0 spiro atoms. The van der Waals surface area contributed by atoms with E-state index in [1.807, 2.05) is 57.2 Å². The first-order valence-electron chi connectivity index (χ1n) is 15.2. The Balaban J connectivity index is 1.84. The molecule has 0 unspecified atom stereocenters. The first-order valence-corrected chi connectivity index (χ1v) is 17.4. The van der Waals surface area contributed by atoms with E-state index >= 15 is 0 Å². The lowest BCUT2D eigenvalue weighted by molar-refractivity contribution is -0.140. The molecule has 0 aliphatic heterocycles. The van der Waals surface area contributed by atoms with Crippen molar-refractivity contribution in [2.24, 2.45) is 0 Å². The second-order valence-corrected chi connectivity index (χ2v) is 13.9. The van der Waals surface area contributed by atoms with Crippen LogP contribution in [0.15, 0.2) is 102 Å². The number of amides is 2. The van der Waals surface area contributed by atoms with Crippen molar-refractivity contribution in [3.8, 4) is 0 Å². The first-order chi connectivity index (χ1) is 22.0. The molecule has 0 saturated carbocycles. The van der Waals surface area contributed by atoms with Gasteiger partial charge in [0.1, 0.15) is 12.6 Å². The zero-order valence-electron chi connectivity index (χ0n) is 26.2. The molecule has 0 saturated heterocycles. The van der Waals surface area contributed by atoms with Crippen molar-refractivity contribution in [2.75, 3.05) is 17.4 Å². The highest BCUT2D eigenvalue weighted by Crippen LogP contribution is 2.29. The van der Waals surface area contributed by atoms with Crippen LogP contribution in [0.2, 0.25) is 10.0 Å². The molecule has 4 aromatic rings. The Bertz CT molecular complexity index is 1710. The van der Waals surface area contributed by atoms with Crippen molar-refractivity contribution in [3.63, 3.8) is 0 Å². The predicted octanol–water partition coefficient (Wildman–Crippen LogP) is 7.36. The number of hydrogen-bond donors (Lipinski definition) is 1. The van der Waals surface area contributed by atoms with Gasteiger partial charge in [0.25, 0.3) is 10.0 Å². The van der Waals surface area contributed by atoms with Gasteiger partial charge in [0.2, 0.25) is 11.8 Å². The Morgan fingerprint density at radius 3 is 2.00 bits per heavy atom. The van der Waals surface area contributed by atoms with Gasteiger partial charge in [-0.15, -0.1) is 0 Å². The standard InChI is InChI=1S/C36H39Cl2N3O4S/c1-4-5-19-39-36(43)34(23-28-13-8-6-9-14-28)40(24-31-32(37)17-12-18-33(31)38)35(42)25-41(29-21-26(2)20-27(3)22-29)46(44,45)30-15-10-7-11-16-30/h6-18,20-22,34H,4-5,19,23-25H2,1-3H3,(H,39,43)/t34-/m0/s1. The van der Waals surface area contributed by atoms with E-state index in [0.29, 0.717) is 27.8 Å². The van der Waals surface area contributed by atoms with Gasteiger partial charge in [-0.05, 0) is 73.4 Å². The summed E-state index contributed by atoms with van der Waals surface area (Å²) in [5, 5.41) is 3.64. The maximum absolute atomic E-state index is 14.6. The van der Waals surface area contributed by atoms with Crippen LogP contribution in [0, 0.1) is 13.8 Å². The minimum atomic E-state index is -4.19. The Morgan fingerprint density at radius 2 is 1.41 bits per heavy atom. The Hall–Kier alpha value is -3.85. The van der Waals surface area contributed by atoms with Crippen molar-refractivity contribution >= 4 is 50.7 Å². The van der Waals surface area contributed by atoms with E-state index in [9.17, 15) is 18.0 Å². The van der Waals surface area contributed by atoms with Crippen LogP contribution in [0.3, 0.4) is 0 Å². The summed E-state index contributed by atoms with van der Waals surface area (Å²) in [4.78, 5) is 30.0. The maximum atomic E-state index is 14.6. The summed E-state index contributed by atoms with van der Waals surface area (Å²) >= 11 is 13.2. The van der Waals surface area contributed by atoms with Crippen LogP contribution in [0.25, 0.3) is 0 Å². The lowest BCUT2D eigenvalue weighted by atomic mass is 10.0. The molecule has 4 rings (SSSR count). The third-order valence-electron chi connectivity index (χ3n) is 7.60. The third-order valence-corrected chi connectivity index (χ3v) is 10.1. The minimum Gasteiger partial charge on any atom is -0.354 e. The molecule has 7 nitrogen and oxygen atoms in total. The van der Waals surface area contributed by atoms with Gasteiger partial charge in [-0.1, -0.05) is 97.2 Å². The molecular weight excluding hydrogens is 641 g/mol. The van der Waals surface area contributed by atoms with Crippen LogP contribution in [-0.4, -0.2) is 44.3 Å². The molecule has 0 aromatic heterocycles. The van der Waals surface area contributed by atoms with Crippen LogP contribution in [0.5, 0.6) is 0 Å². The molecule has 1 atom stereocenters. The monoisotopic (exact) mass is 679 g/mol. The summed E-state index contributed by atoms with van der Waals surface area (Å²) in [7, 11) is -4.19. The number of anilines is 1. The van der Waals surface area contributed by atoms with Gasteiger partial charge in [-0.2, -0.15) is 0 Å². The largest absolute Gasteiger partial charge is 0.354 e. The van der Waals surface area contributed by atoms with Crippen LogP contribution >= 0.6 is 23.2 Å². The highest BCUT2D eigenvalue weighted by atomic mass is 35.5. The summed E-state index contributed by atoms with van der Waals surface area (Å²) in [5.41, 5.74) is 3.32. The molecule has 0 radical (unpaired) electrons. The summed E-state index contributed by atoms with van der Waals surface area (Å²) in [6.07, 6.45) is 1.84. The second-order valence-electron chi connectivity index (χ2n) is 11.2. The Labute approximate surface area is 282 Å². The number of benzene rings is 4. The lowest BCUT2D eigenvalue weighted by Crippen LogP contribution is -2.53. The number of carbonyl (C=O) groups excluding carboxylic acids is 2. The Morgan fingerprint density at radius 1 is 0.826 bits per heavy atom. The molecular formula is C36H39Cl2N3O4S. The normalized spacial score (nSPS) is 11.9. The van der Waals surface area contributed by atoms with Gasteiger partial charge in [-0.25, -0.2) is 8.42 Å². The van der Waals surface area contributed by atoms with Crippen LogP contribution < -0.4 is 9.62 Å². The second kappa shape index (κ2) is 16.1. The fourth-order valence-electron chi connectivity index (χ4n) is 5.26. The number of nitrogens with one attached hydrogen (secondary N) is 1. The van der Waals surface area contributed by atoms with Gasteiger partial charge in [0.15, 0.2) is 0 Å². The van der Waals surface area contributed by atoms with E-state index in [4.69, 9.17) is 23.2 Å². The van der Waals surface area contributed by atoms with E-state index in [2.05, 4.69) is 5.32 Å². The number of unbranched alkanes of at least 4 members (excludes halogenated alkanes) is 1. The first kappa shape index (κ1) is 35.0. The third kappa shape index (κ3) is 8.90. The van der Waals surface area contributed by atoms with Crippen molar-refractivity contribution < 1.29 is 18.0 Å². The van der Waals surface area contributed by atoms with Crippen molar-refractivity contribution in [1.82, 2.24) is 10.2 Å². The molecule has 46 heavy (non-hydrogen) atoms. The molecule has 10 heteroatoms. The molecule has 0 heterocycles. The van der Waals surface area contributed by atoms with Crippen molar-refractivity contribution in [1.29, 1.82) is 0 Å². The minimum absolute atomic E-state index is 0.0424. The topological polar surface area (TPSA) is 86.8 Å². The summed E-state index contributed by atoms with van der Waals surface area (Å²) in [6.45, 7) is 5.53. The number of nitrogens with zero attached hydrogens (tertiary/aromatic N) is 2. The van der Waals surface area contributed by atoms with Crippen LogP contribution in [0.4, 0.5) is 5.69 Å². The van der Waals surface area contributed by atoms with E-state index in [0.717, 1.165) is 33.8 Å². The summed E-state index contributed by atoms with van der Waals surface area (Å²) in [5.74, 6) is -0.932. The number of sulfonamides is 1. The van der Waals surface area contributed by atoms with Gasteiger partial charge in [0, 0.05) is 35.1 Å². The number of rotatable bonds is 14. The summed E-state index contributed by atoms with van der Waals surface area (Å²) < 4.78 is 29.5. The van der Waals surface area contributed by atoms with Crippen LogP contribution in [0.1, 0.15) is 42.0 Å². The smallest absolute Gasteiger partial charge is 0.264 e. The molecule has 2 amide bonds. The molecule has 0 fully saturated rings. The molecule has 1 N–H and O–H groups in total. The maximum Gasteiger partial charge on any atom is 0.264 e. The van der Waals surface area contributed by atoms with Gasteiger partial charge >= 0.3 is 0 Å². The molecule has 0 bridgehead atoms. The number of halogens is 2. The average molecular weight is 681 g/mol. The van der Waals surface area contributed by atoms with Gasteiger partial charge in [-0.3, -0.25) is 13.9 Å². The highest BCUT2D eigenvalue weighted by molar-refractivity contribution is 7.92. The fourth-order valence-corrected chi connectivity index (χ4v) is 7.19. The number of hydrogen-bond acceptors (Lipinski definition) is 4. The number of carbonyl (C=O) groups is 2. The zero-order valence-corrected chi connectivity index (χ0v) is 28.6. The molecule has 0 aliphatic carbocycles. The predicted molar refractivity (Wildman–Crippen MR) is 186 cm³/mol. The zero-order chi connectivity index (χ0) is 33.3. The van der Waals surface area contributed by atoms with E-state index in [1.54, 1.807) is 48.5 Å². The van der Waals surface area contributed by atoms with E-state index in [1.165, 1.54) is 17.0 Å². The number of aryl methyl sites for hydroxylation is 2. The van der Waals surface area contributed by atoms with E-state index in [-0.39, 0.29) is 23.8 Å². The van der Waals surface area contributed by atoms with Gasteiger partial charge in [0.05, 0.1) is 10.6 Å². The Kier molecular flexibility index (Phi) is 12.3. The van der Waals surface area contributed by atoms with Crippen LogP contribution in [-0.2, 0) is 32.6 Å².